The lowest BCUT2D eigenvalue weighted by atomic mass is 9.77. The van der Waals surface area contributed by atoms with Gasteiger partial charge in [-0.15, -0.1) is 0 Å². The molecule has 0 N–H and O–H groups in total. The molecule has 0 bridgehead atoms. The molecule has 3 rings (SSSR count). The van der Waals surface area contributed by atoms with Crippen molar-refractivity contribution in [1.29, 1.82) is 0 Å². The Morgan fingerprint density at radius 2 is 1.48 bits per heavy atom. The van der Waals surface area contributed by atoms with Crippen LogP contribution in [0.4, 0.5) is 0 Å². The predicted octanol–water partition coefficient (Wildman–Crippen LogP) is 4.57. The van der Waals surface area contributed by atoms with Crippen molar-refractivity contribution >= 4 is 12.8 Å². The van der Waals surface area contributed by atoms with E-state index in [2.05, 4.69) is 77.8 Å². The summed E-state index contributed by atoms with van der Waals surface area (Å²) in [6.07, 6.45) is 3.63. The number of piperidine rings is 1. The molecule has 2 aromatic rings. The van der Waals surface area contributed by atoms with Gasteiger partial charge in [0.15, 0.2) is 0 Å². The van der Waals surface area contributed by atoms with Gasteiger partial charge in [-0.2, -0.15) is 0 Å². The molecule has 1 aliphatic rings. The van der Waals surface area contributed by atoms with Gasteiger partial charge in [0.05, 0.1) is 0 Å². The number of hydrogen-bond donors (Lipinski definition) is 1. The zero-order chi connectivity index (χ0) is 14.5. The molecule has 0 amide bonds. The average molecular weight is 297 g/mol. The molecule has 1 heterocycles. The van der Waals surface area contributed by atoms with E-state index in [9.17, 15) is 0 Å². The lowest BCUT2D eigenvalue weighted by Gasteiger charge is -2.34. The smallest absolute Gasteiger partial charge is 0.00898 e. The van der Waals surface area contributed by atoms with Crippen molar-refractivity contribution in [1.82, 2.24) is 4.31 Å². The molecule has 0 spiro atoms. The molecule has 1 unspecified atom stereocenters. The van der Waals surface area contributed by atoms with Crippen molar-refractivity contribution in [3.8, 4) is 0 Å². The van der Waals surface area contributed by atoms with Gasteiger partial charge in [0.25, 0.3) is 0 Å². The normalized spacial score (nSPS) is 18.5. The fraction of sp³-hybridized carbons (Fsp3) is 0.368. The maximum atomic E-state index is 4.49. The average Bonchev–Trinajstić information content (AvgIpc) is 2.55. The van der Waals surface area contributed by atoms with Crippen LogP contribution in [0.5, 0.6) is 0 Å². The van der Waals surface area contributed by atoms with E-state index in [-0.39, 0.29) is 0 Å². The topological polar surface area (TPSA) is 3.24 Å². The van der Waals surface area contributed by atoms with Gasteiger partial charge in [0.1, 0.15) is 0 Å². The molecule has 21 heavy (non-hydrogen) atoms. The first kappa shape index (κ1) is 14.7. The third kappa shape index (κ3) is 3.90. The van der Waals surface area contributed by atoms with Gasteiger partial charge in [-0.1, -0.05) is 73.5 Å². The fourth-order valence-electron chi connectivity index (χ4n) is 3.41. The van der Waals surface area contributed by atoms with Gasteiger partial charge in [0, 0.05) is 13.1 Å². The Hall–Kier alpha value is -1.25. The van der Waals surface area contributed by atoms with Crippen molar-refractivity contribution in [3.63, 3.8) is 0 Å². The van der Waals surface area contributed by atoms with E-state index in [4.69, 9.17) is 0 Å². The van der Waals surface area contributed by atoms with Gasteiger partial charge in [0.2, 0.25) is 0 Å². The van der Waals surface area contributed by atoms with Crippen molar-refractivity contribution in [3.05, 3.63) is 71.8 Å². The highest BCUT2D eigenvalue weighted by molar-refractivity contribution is 7.77. The van der Waals surface area contributed by atoms with E-state index in [1.807, 2.05) is 0 Å². The Balaban J connectivity index is 1.81. The molecule has 1 atom stereocenters. The molecule has 110 valence electrons. The molecule has 0 aliphatic carbocycles. The van der Waals surface area contributed by atoms with E-state index < -0.39 is 0 Å². The molecule has 1 aliphatic heterocycles. The van der Waals surface area contributed by atoms with Crippen LogP contribution in [-0.4, -0.2) is 17.4 Å². The molecule has 2 aromatic carbocycles. The summed E-state index contributed by atoms with van der Waals surface area (Å²) in [5.74, 6) is 1.38. The van der Waals surface area contributed by atoms with Crippen LogP contribution in [0.1, 0.15) is 29.9 Å². The molecule has 0 radical (unpaired) electrons. The quantitative estimate of drug-likeness (QED) is 0.809. The van der Waals surface area contributed by atoms with E-state index in [0.29, 0.717) is 5.92 Å². The first-order chi connectivity index (χ1) is 10.3. The van der Waals surface area contributed by atoms with Crippen LogP contribution in [0.25, 0.3) is 0 Å². The minimum absolute atomic E-state index is 0.621. The molecule has 0 aromatic heterocycles. The predicted molar refractivity (Wildman–Crippen MR) is 92.6 cm³/mol. The summed E-state index contributed by atoms with van der Waals surface area (Å²) in [5, 5.41) is 0. The molecule has 1 fully saturated rings. The highest BCUT2D eigenvalue weighted by atomic mass is 32.1. The lowest BCUT2D eigenvalue weighted by Crippen LogP contribution is -2.30. The zero-order valence-electron chi connectivity index (χ0n) is 12.4. The van der Waals surface area contributed by atoms with Crippen LogP contribution >= 0.6 is 12.8 Å². The van der Waals surface area contributed by atoms with E-state index >= 15 is 0 Å². The summed E-state index contributed by atoms with van der Waals surface area (Å²) >= 11 is 4.49. The van der Waals surface area contributed by atoms with Crippen LogP contribution in [0.3, 0.4) is 0 Å². The minimum atomic E-state index is 0.621. The van der Waals surface area contributed by atoms with Gasteiger partial charge in [-0.3, -0.25) is 4.31 Å². The lowest BCUT2D eigenvalue weighted by molar-refractivity contribution is 0.257. The molecule has 0 saturated carbocycles. The summed E-state index contributed by atoms with van der Waals surface area (Å²) < 4.78 is 2.15. The maximum absolute atomic E-state index is 4.49. The van der Waals surface area contributed by atoms with E-state index in [0.717, 1.165) is 25.4 Å². The molecule has 2 heteroatoms. The Bertz CT molecular complexity index is 532. The molecule has 1 saturated heterocycles. The third-order valence-corrected chi connectivity index (χ3v) is 5.01. The fourth-order valence-corrected chi connectivity index (χ4v) is 3.64. The van der Waals surface area contributed by atoms with E-state index in [1.165, 1.54) is 24.0 Å². The first-order valence-corrected chi connectivity index (χ1v) is 8.25. The van der Waals surface area contributed by atoms with Crippen molar-refractivity contribution in [2.45, 2.75) is 25.2 Å². The van der Waals surface area contributed by atoms with Crippen molar-refractivity contribution < 1.29 is 0 Å². The van der Waals surface area contributed by atoms with Gasteiger partial charge in [-0.25, -0.2) is 0 Å². The maximum Gasteiger partial charge on any atom is 0.00898 e. The van der Waals surface area contributed by atoms with Gasteiger partial charge in [-0.05, 0) is 42.2 Å². The zero-order valence-corrected chi connectivity index (χ0v) is 13.3. The minimum Gasteiger partial charge on any atom is -0.253 e. The summed E-state index contributed by atoms with van der Waals surface area (Å²) in [7, 11) is 0. The highest BCUT2D eigenvalue weighted by Crippen LogP contribution is 2.35. The largest absolute Gasteiger partial charge is 0.253 e. The number of thiol groups is 1. The first-order valence-electron chi connectivity index (χ1n) is 7.85. The van der Waals surface area contributed by atoms with Crippen LogP contribution in [0, 0.1) is 5.92 Å². The Morgan fingerprint density at radius 1 is 0.905 bits per heavy atom. The summed E-state index contributed by atoms with van der Waals surface area (Å²) in [5.41, 5.74) is 2.93. The van der Waals surface area contributed by atoms with Crippen LogP contribution in [-0.2, 0) is 6.42 Å². The van der Waals surface area contributed by atoms with E-state index in [1.54, 1.807) is 0 Å². The van der Waals surface area contributed by atoms with Crippen LogP contribution in [0.15, 0.2) is 60.7 Å². The number of benzene rings is 2. The van der Waals surface area contributed by atoms with Crippen molar-refractivity contribution in [2.24, 2.45) is 5.92 Å². The summed E-state index contributed by atoms with van der Waals surface area (Å²) in [6.45, 7) is 2.21. The van der Waals surface area contributed by atoms with Crippen molar-refractivity contribution in [2.75, 3.05) is 13.1 Å². The Morgan fingerprint density at radius 3 is 2.10 bits per heavy atom. The van der Waals surface area contributed by atoms with Gasteiger partial charge < -0.3 is 0 Å². The number of nitrogens with zero attached hydrogens (tertiary/aromatic N) is 1. The number of hydrogen-bond acceptors (Lipinski definition) is 2. The van der Waals surface area contributed by atoms with Gasteiger partial charge >= 0.3 is 0 Å². The monoisotopic (exact) mass is 297 g/mol. The summed E-state index contributed by atoms with van der Waals surface area (Å²) in [4.78, 5) is 0. The van der Waals surface area contributed by atoms with Crippen LogP contribution < -0.4 is 0 Å². The molecular formula is C19H23NS. The van der Waals surface area contributed by atoms with Crippen LogP contribution in [0.2, 0.25) is 0 Å². The highest BCUT2D eigenvalue weighted by Gasteiger charge is 2.26. The Kier molecular flexibility index (Phi) is 5.00. The number of rotatable bonds is 4. The SMILES string of the molecule is SN1CCC(C(Cc2ccccc2)c2ccccc2)CC1. The standard InChI is InChI=1S/C19H23NS/c21-20-13-11-18(12-14-20)19(17-9-5-2-6-10-17)15-16-7-3-1-4-8-16/h1-10,18-19,21H,11-15H2. The molecular weight excluding hydrogens is 274 g/mol. The second kappa shape index (κ2) is 7.15. The molecule has 1 nitrogen and oxygen atoms in total. The second-order valence-electron chi connectivity index (χ2n) is 6.00. The summed E-state index contributed by atoms with van der Waals surface area (Å²) in [6, 6.07) is 21.9. The second-order valence-corrected chi connectivity index (χ2v) is 6.56. The third-order valence-electron chi connectivity index (χ3n) is 4.61. The Labute approximate surface area is 133 Å².